The van der Waals surface area contributed by atoms with Crippen molar-refractivity contribution >= 4 is 44.6 Å². The molecule has 0 aliphatic carbocycles. The molecule has 1 fully saturated rings. The van der Waals surface area contributed by atoms with Gasteiger partial charge in [-0.1, -0.05) is 11.6 Å². The first-order chi connectivity index (χ1) is 12.6. The number of sulfonamides is 1. The SMILES string of the molecule is O=C(Nc1ccc(C(F)(F)F)cc1)C1CCCN1S(=O)(=O)c1ccc(Cl)s1. The fourth-order valence-electron chi connectivity index (χ4n) is 2.81. The zero-order chi connectivity index (χ0) is 19.8. The Balaban J connectivity index is 1.76. The van der Waals surface area contributed by atoms with E-state index in [0.29, 0.717) is 17.2 Å². The quantitative estimate of drug-likeness (QED) is 0.777. The molecule has 0 radical (unpaired) electrons. The van der Waals surface area contributed by atoms with Crippen LogP contribution in [0.4, 0.5) is 18.9 Å². The number of rotatable bonds is 4. The van der Waals surface area contributed by atoms with Gasteiger partial charge in [0.25, 0.3) is 10.0 Å². The summed E-state index contributed by atoms with van der Waals surface area (Å²) in [5.74, 6) is -0.585. The van der Waals surface area contributed by atoms with Gasteiger partial charge in [0.1, 0.15) is 10.3 Å². The van der Waals surface area contributed by atoms with Crippen molar-refractivity contribution < 1.29 is 26.4 Å². The molecular formula is C16H14ClF3N2O3S2. The lowest BCUT2D eigenvalue weighted by Crippen LogP contribution is -2.42. The predicted octanol–water partition coefficient (Wildman–Crippen LogP) is 4.21. The summed E-state index contributed by atoms with van der Waals surface area (Å²) in [4.78, 5) is 12.5. The zero-order valence-corrected chi connectivity index (χ0v) is 16.1. The van der Waals surface area contributed by atoms with Crippen molar-refractivity contribution in [1.82, 2.24) is 4.31 Å². The summed E-state index contributed by atoms with van der Waals surface area (Å²) in [6.07, 6.45) is -3.64. The molecule has 146 valence electrons. The number of benzene rings is 1. The zero-order valence-electron chi connectivity index (χ0n) is 13.7. The van der Waals surface area contributed by atoms with E-state index in [1.165, 1.54) is 12.1 Å². The van der Waals surface area contributed by atoms with E-state index in [-0.39, 0.29) is 16.4 Å². The smallest absolute Gasteiger partial charge is 0.325 e. The van der Waals surface area contributed by atoms with E-state index in [9.17, 15) is 26.4 Å². The minimum Gasteiger partial charge on any atom is -0.325 e. The van der Waals surface area contributed by atoms with Crippen molar-refractivity contribution in [2.75, 3.05) is 11.9 Å². The largest absolute Gasteiger partial charge is 0.416 e. The summed E-state index contributed by atoms with van der Waals surface area (Å²) in [6.45, 7) is 0.183. The highest BCUT2D eigenvalue weighted by Gasteiger charge is 2.40. The van der Waals surface area contributed by atoms with E-state index >= 15 is 0 Å². The number of anilines is 1. The van der Waals surface area contributed by atoms with Gasteiger partial charge >= 0.3 is 6.18 Å². The second kappa shape index (κ2) is 7.42. The predicted molar refractivity (Wildman–Crippen MR) is 96.3 cm³/mol. The summed E-state index contributed by atoms with van der Waals surface area (Å²) < 4.78 is 64.8. The Morgan fingerprint density at radius 2 is 1.85 bits per heavy atom. The topological polar surface area (TPSA) is 66.5 Å². The Labute approximate surface area is 162 Å². The molecule has 27 heavy (non-hydrogen) atoms. The summed E-state index contributed by atoms with van der Waals surface area (Å²) in [5.41, 5.74) is -0.670. The third-order valence-corrected chi connectivity index (χ3v) is 7.70. The third kappa shape index (κ3) is 4.29. The van der Waals surface area contributed by atoms with Crippen LogP contribution in [0.1, 0.15) is 18.4 Å². The van der Waals surface area contributed by atoms with E-state index in [1.54, 1.807) is 0 Å². The van der Waals surface area contributed by atoms with Crippen molar-refractivity contribution in [1.29, 1.82) is 0 Å². The first-order valence-corrected chi connectivity index (χ1v) is 10.5. The molecule has 0 bridgehead atoms. The van der Waals surface area contributed by atoms with Crippen LogP contribution >= 0.6 is 22.9 Å². The van der Waals surface area contributed by atoms with Crippen molar-refractivity contribution in [3.8, 4) is 0 Å². The van der Waals surface area contributed by atoms with E-state index in [0.717, 1.165) is 39.9 Å². The number of halogens is 4. The van der Waals surface area contributed by atoms with Crippen LogP contribution in [0.5, 0.6) is 0 Å². The van der Waals surface area contributed by atoms with Crippen LogP contribution in [0.2, 0.25) is 4.34 Å². The summed E-state index contributed by atoms with van der Waals surface area (Å²) in [5, 5.41) is 2.49. The maximum Gasteiger partial charge on any atom is 0.416 e. The Morgan fingerprint density at radius 1 is 1.19 bits per heavy atom. The van der Waals surface area contributed by atoms with E-state index < -0.39 is 33.7 Å². The minimum atomic E-state index is -4.47. The molecular weight excluding hydrogens is 425 g/mol. The number of alkyl halides is 3. The fourth-order valence-corrected chi connectivity index (χ4v) is 6.08. The van der Waals surface area contributed by atoms with Gasteiger partial charge in [-0.15, -0.1) is 11.3 Å². The molecule has 1 amide bonds. The van der Waals surface area contributed by atoms with E-state index in [1.807, 2.05) is 0 Å². The Hall–Kier alpha value is -1.62. The summed E-state index contributed by atoms with van der Waals surface area (Å²) in [6, 6.07) is 5.89. The maximum absolute atomic E-state index is 12.7. The number of nitrogens with zero attached hydrogens (tertiary/aromatic N) is 1. The average Bonchev–Trinajstić information content (AvgIpc) is 3.24. The molecule has 2 aromatic rings. The van der Waals surface area contributed by atoms with Gasteiger partial charge in [0, 0.05) is 12.2 Å². The van der Waals surface area contributed by atoms with Crippen LogP contribution < -0.4 is 5.32 Å². The number of hydrogen-bond acceptors (Lipinski definition) is 4. The standard InChI is InChI=1S/C16H14ClF3N2O3S2/c17-13-7-8-14(26-13)27(24,25)22-9-1-2-12(22)15(23)21-11-5-3-10(4-6-11)16(18,19)20/h3-8,12H,1-2,9H2,(H,21,23). The molecule has 1 aromatic heterocycles. The molecule has 1 aliphatic heterocycles. The van der Waals surface area contributed by atoms with Gasteiger partial charge in [-0.25, -0.2) is 8.42 Å². The molecule has 1 aromatic carbocycles. The number of hydrogen-bond donors (Lipinski definition) is 1. The summed E-state index contributed by atoms with van der Waals surface area (Å²) in [7, 11) is -3.87. The number of carbonyl (C=O) groups is 1. The second-order valence-electron chi connectivity index (χ2n) is 5.90. The molecule has 0 spiro atoms. The first-order valence-electron chi connectivity index (χ1n) is 7.84. The molecule has 1 N–H and O–H groups in total. The van der Waals surface area contributed by atoms with Gasteiger partial charge in [0.05, 0.1) is 9.90 Å². The normalized spacial score (nSPS) is 18.6. The second-order valence-corrected chi connectivity index (χ2v) is 9.73. The Bertz CT molecular complexity index is 943. The molecule has 3 rings (SSSR count). The molecule has 11 heteroatoms. The number of amides is 1. The lowest BCUT2D eigenvalue weighted by Gasteiger charge is -2.22. The van der Waals surface area contributed by atoms with Gasteiger partial charge in [-0.3, -0.25) is 4.79 Å². The minimum absolute atomic E-state index is 0.0433. The highest BCUT2D eigenvalue weighted by atomic mass is 35.5. The number of thiophene rings is 1. The van der Waals surface area contributed by atoms with Crippen molar-refractivity contribution in [2.24, 2.45) is 0 Å². The monoisotopic (exact) mass is 438 g/mol. The van der Waals surface area contributed by atoms with Gasteiger partial charge in [0.2, 0.25) is 5.91 Å². The van der Waals surface area contributed by atoms with E-state index in [2.05, 4.69) is 5.32 Å². The van der Waals surface area contributed by atoms with Crippen LogP contribution in [0.15, 0.2) is 40.6 Å². The van der Waals surface area contributed by atoms with Crippen molar-refractivity contribution in [3.63, 3.8) is 0 Å². The molecule has 0 saturated carbocycles. The first kappa shape index (κ1) is 20.1. The van der Waals surface area contributed by atoms with Gasteiger partial charge in [-0.05, 0) is 49.2 Å². The molecule has 1 unspecified atom stereocenters. The van der Waals surface area contributed by atoms with E-state index in [4.69, 9.17) is 11.6 Å². The molecule has 1 saturated heterocycles. The van der Waals surface area contributed by atoms with Crippen molar-refractivity contribution in [2.45, 2.75) is 29.3 Å². The fraction of sp³-hybridized carbons (Fsp3) is 0.312. The van der Waals surface area contributed by atoms with Crippen LogP contribution in [0.25, 0.3) is 0 Å². The Kier molecular flexibility index (Phi) is 5.53. The molecule has 1 atom stereocenters. The molecule has 2 heterocycles. The van der Waals surface area contributed by atoms with Crippen LogP contribution in [-0.2, 0) is 21.0 Å². The average molecular weight is 439 g/mol. The number of nitrogens with one attached hydrogen (secondary N) is 1. The third-order valence-electron chi connectivity index (χ3n) is 4.10. The van der Waals surface area contributed by atoms with Gasteiger partial charge < -0.3 is 5.32 Å². The van der Waals surface area contributed by atoms with Crippen molar-refractivity contribution in [3.05, 3.63) is 46.3 Å². The van der Waals surface area contributed by atoms with Crippen LogP contribution in [0, 0.1) is 0 Å². The van der Waals surface area contributed by atoms with Crippen LogP contribution in [-0.4, -0.2) is 31.2 Å². The highest BCUT2D eigenvalue weighted by Crippen LogP contribution is 2.33. The summed E-state index contributed by atoms with van der Waals surface area (Å²) >= 11 is 6.70. The lowest BCUT2D eigenvalue weighted by molar-refractivity contribution is -0.137. The Morgan fingerprint density at radius 3 is 2.41 bits per heavy atom. The van der Waals surface area contributed by atoms with Crippen LogP contribution in [0.3, 0.4) is 0 Å². The number of carbonyl (C=O) groups excluding carboxylic acids is 1. The lowest BCUT2D eigenvalue weighted by atomic mass is 10.2. The highest BCUT2D eigenvalue weighted by molar-refractivity contribution is 7.91. The van der Waals surface area contributed by atoms with Gasteiger partial charge in [0.15, 0.2) is 0 Å². The maximum atomic E-state index is 12.7. The molecule has 5 nitrogen and oxygen atoms in total. The molecule has 1 aliphatic rings. The van der Waals surface area contributed by atoms with Gasteiger partial charge in [-0.2, -0.15) is 17.5 Å².